The number of ketones is 2. The number of phenolic OH excluding ortho intramolecular Hbond substituents is 1. The predicted octanol–water partition coefficient (Wildman–Crippen LogP) is 3.39. The summed E-state index contributed by atoms with van der Waals surface area (Å²) in [6, 6.07) is 4.62. The molecule has 0 amide bonds. The lowest BCUT2D eigenvalue weighted by atomic mass is 9.70. The number of anilines is 1. The minimum absolute atomic E-state index is 0.0209. The highest BCUT2D eigenvalue weighted by Gasteiger charge is 2.42. The largest absolute Gasteiger partial charge is 0.507 e. The Balaban J connectivity index is 2.02. The van der Waals surface area contributed by atoms with Gasteiger partial charge in [0, 0.05) is 39.2 Å². The van der Waals surface area contributed by atoms with Crippen molar-refractivity contribution in [3.63, 3.8) is 0 Å². The number of ether oxygens (including phenoxy) is 2. The molecule has 9 nitrogen and oxygen atoms in total. The molecule has 0 aliphatic heterocycles. The Morgan fingerprint density at radius 3 is 2.20 bits per heavy atom. The molecule has 0 radical (unpaired) electrons. The van der Waals surface area contributed by atoms with Gasteiger partial charge in [-0.1, -0.05) is 0 Å². The molecular formula is C26H25NO8. The van der Waals surface area contributed by atoms with E-state index in [9.17, 15) is 29.4 Å². The number of esters is 2. The van der Waals surface area contributed by atoms with Crippen molar-refractivity contribution in [3.8, 4) is 17.2 Å². The van der Waals surface area contributed by atoms with Gasteiger partial charge in [0.05, 0.1) is 11.1 Å². The first-order valence-electron chi connectivity index (χ1n) is 11.0. The predicted molar refractivity (Wildman–Crippen MR) is 126 cm³/mol. The third-order valence-corrected chi connectivity index (χ3v) is 6.22. The third kappa shape index (κ3) is 3.92. The van der Waals surface area contributed by atoms with Crippen molar-refractivity contribution in [2.75, 3.05) is 19.0 Å². The number of aliphatic hydroxyl groups is 1. The van der Waals surface area contributed by atoms with Crippen molar-refractivity contribution >= 4 is 35.0 Å². The fourth-order valence-electron chi connectivity index (χ4n) is 4.97. The van der Waals surface area contributed by atoms with Crippen LogP contribution in [0.5, 0.6) is 17.2 Å². The quantitative estimate of drug-likeness (QED) is 0.385. The first-order valence-corrected chi connectivity index (χ1v) is 11.0. The maximum absolute atomic E-state index is 13.6. The highest BCUT2D eigenvalue weighted by Crippen LogP contribution is 2.49. The van der Waals surface area contributed by atoms with E-state index in [0.717, 1.165) is 12.6 Å². The molecule has 0 unspecified atom stereocenters. The summed E-state index contributed by atoms with van der Waals surface area (Å²) in [5.74, 6) is -3.99. The molecule has 0 fully saturated rings. The molecule has 1 atom stereocenters. The van der Waals surface area contributed by atoms with Crippen LogP contribution in [0.15, 0.2) is 23.8 Å². The summed E-state index contributed by atoms with van der Waals surface area (Å²) in [4.78, 5) is 51.6. The topological polar surface area (TPSA) is 130 Å². The van der Waals surface area contributed by atoms with E-state index < -0.39 is 35.2 Å². The van der Waals surface area contributed by atoms with Crippen LogP contribution in [0, 0.1) is 5.92 Å². The minimum Gasteiger partial charge on any atom is -0.507 e. The molecule has 2 aliphatic carbocycles. The minimum atomic E-state index is -0.761. The number of aliphatic hydroxyl groups excluding tert-OH is 1. The van der Waals surface area contributed by atoms with Gasteiger partial charge in [0.25, 0.3) is 0 Å². The lowest BCUT2D eigenvalue weighted by Gasteiger charge is -2.35. The molecule has 35 heavy (non-hydrogen) atoms. The van der Waals surface area contributed by atoms with Gasteiger partial charge >= 0.3 is 11.9 Å². The summed E-state index contributed by atoms with van der Waals surface area (Å²) in [7, 11) is 3.66. The summed E-state index contributed by atoms with van der Waals surface area (Å²) in [5, 5.41) is 21.9. The van der Waals surface area contributed by atoms with E-state index in [-0.39, 0.29) is 45.9 Å². The third-order valence-electron chi connectivity index (χ3n) is 6.22. The van der Waals surface area contributed by atoms with Crippen molar-refractivity contribution in [1.29, 1.82) is 0 Å². The zero-order valence-corrected chi connectivity index (χ0v) is 20.0. The average Bonchev–Trinajstić information content (AvgIpc) is 2.71. The van der Waals surface area contributed by atoms with Crippen LogP contribution >= 0.6 is 0 Å². The second-order valence-corrected chi connectivity index (χ2v) is 8.90. The van der Waals surface area contributed by atoms with Crippen molar-refractivity contribution in [2.45, 2.75) is 33.6 Å². The second kappa shape index (κ2) is 8.57. The maximum Gasteiger partial charge on any atom is 0.308 e. The summed E-state index contributed by atoms with van der Waals surface area (Å²) in [6.07, 6.45) is 0.589. The second-order valence-electron chi connectivity index (χ2n) is 8.90. The molecule has 9 heteroatoms. The first-order chi connectivity index (χ1) is 16.4. The van der Waals surface area contributed by atoms with Crippen LogP contribution in [0.1, 0.15) is 58.2 Å². The van der Waals surface area contributed by atoms with E-state index >= 15 is 0 Å². The molecule has 4 rings (SSSR count). The molecule has 2 aromatic rings. The van der Waals surface area contributed by atoms with E-state index in [1.807, 2.05) is 19.0 Å². The smallest absolute Gasteiger partial charge is 0.308 e. The summed E-state index contributed by atoms with van der Waals surface area (Å²) >= 11 is 0. The number of benzene rings is 2. The standard InChI is InChI=1S/C26H25NO8/c1-11(28)20-19(34-12(2)29)10-15-8-14-9-16-17(27(4)5)6-7-18(31)23(16)25(33)21(14)24(32)22(15)26(20)35-13(3)30/h6-7,10,14,31-32H,8-9H2,1-5H3/t14-/m1/s1. The first kappa shape index (κ1) is 24.0. The number of aromatic hydroxyl groups is 1. The van der Waals surface area contributed by atoms with Crippen LogP contribution in [-0.4, -0.2) is 47.8 Å². The lowest BCUT2D eigenvalue weighted by Crippen LogP contribution is -2.31. The van der Waals surface area contributed by atoms with E-state index in [4.69, 9.17) is 9.47 Å². The van der Waals surface area contributed by atoms with Crippen LogP contribution in [0.3, 0.4) is 0 Å². The molecule has 0 saturated heterocycles. The summed E-state index contributed by atoms with van der Waals surface area (Å²) < 4.78 is 10.6. The van der Waals surface area contributed by atoms with E-state index in [1.165, 1.54) is 26.0 Å². The molecule has 0 aromatic heterocycles. The van der Waals surface area contributed by atoms with Gasteiger partial charge in [-0.2, -0.15) is 0 Å². The van der Waals surface area contributed by atoms with Gasteiger partial charge in [-0.15, -0.1) is 0 Å². The number of rotatable bonds is 4. The van der Waals surface area contributed by atoms with Crippen molar-refractivity contribution in [2.24, 2.45) is 5.92 Å². The van der Waals surface area contributed by atoms with Crippen molar-refractivity contribution in [1.82, 2.24) is 0 Å². The number of fused-ring (bicyclic) bond motifs is 3. The van der Waals surface area contributed by atoms with Crippen molar-refractivity contribution < 1.29 is 38.9 Å². The summed E-state index contributed by atoms with van der Waals surface area (Å²) in [5.41, 5.74) is 1.88. The number of allylic oxidation sites excluding steroid dienone is 1. The zero-order chi connectivity index (χ0) is 25.8. The molecule has 0 bridgehead atoms. The van der Waals surface area contributed by atoms with Crippen LogP contribution in [0.4, 0.5) is 5.69 Å². The molecule has 0 spiro atoms. The number of hydrogen-bond acceptors (Lipinski definition) is 9. The maximum atomic E-state index is 13.6. The number of Topliss-reactive ketones (excluding diaryl/α,β-unsaturated/α-hetero) is 2. The van der Waals surface area contributed by atoms with Gasteiger partial charge in [-0.25, -0.2) is 0 Å². The highest BCUT2D eigenvalue weighted by molar-refractivity contribution is 6.18. The molecular weight excluding hydrogens is 454 g/mol. The molecule has 2 aliphatic rings. The monoisotopic (exact) mass is 479 g/mol. The van der Waals surface area contributed by atoms with Gasteiger partial charge in [0.1, 0.15) is 22.8 Å². The number of hydrogen-bond donors (Lipinski definition) is 2. The average molecular weight is 479 g/mol. The molecule has 2 N–H and O–H groups in total. The van der Waals surface area contributed by atoms with Crippen LogP contribution in [0.25, 0.3) is 5.76 Å². The SMILES string of the molecule is CC(=O)Oc1cc2c(c(OC(C)=O)c1C(C)=O)C(O)=C1C(=O)c3c(O)ccc(N(C)C)c3C[C@H]1C2. The van der Waals surface area contributed by atoms with E-state index in [0.29, 0.717) is 17.5 Å². The Hall–Kier alpha value is -4.14. The van der Waals surface area contributed by atoms with Gasteiger partial charge in [-0.05, 0) is 55.0 Å². The highest BCUT2D eigenvalue weighted by atomic mass is 16.5. The van der Waals surface area contributed by atoms with Crippen LogP contribution < -0.4 is 14.4 Å². The summed E-state index contributed by atoms with van der Waals surface area (Å²) in [6.45, 7) is 3.52. The van der Waals surface area contributed by atoms with Crippen LogP contribution in [-0.2, 0) is 22.4 Å². The van der Waals surface area contributed by atoms with Crippen LogP contribution in [0.2, 0.25) is 0 Å². The molecule has 0 saturated carbocycles. The normalized spacial score (nSPS) is 16.1. The Morgan fingerprint density at radius 2 is 1.63 bits per heavy atom. The number of carbonyl (C=O) groups is 4. The molecule has 0 heterocycles. The van der Waals surface area contributed by atoms with E-state index in [2.05, 4.69) is 0 Å². The fraction of sp³-hybridized carbons (Fsp3) is 0.308. The fourth-order valence-corrected chi connectivity index (χ4v) is 4.97. The number of carbonyl (C=O) groups excluding carboxylic acids is 4. The van der Waals surface area contributed by atoms with Gasteiger partial charge in [0.2, 0.25) is 0 Å². The van der Waals surface area contributed by atoms with Gasteiger partial charge in [-0.3, -0.25) is 19.2 Å². The molecule has 2 aromatic carbocycles. The van der Waals surface area contributed by atoms with E-state index in [1.54, 1.807) is 6.07 Å². The number of phenols is 1. The van der Waals surface area contributed by atoms with Crippen molar-refractivity contribution in [3.05, 3.63) is 51.6 Å². The Morgan fingerprint density at radius 1 is 0.971 bits per heavy atom. The van der Waals surface area contributed by atoms with Gasteiger partial charge in [0.15, 0.2) is 17.3 Å². The zero-order valence-electron chi connectivity index (χ0n) is 20.0. The lowest BCUT2D eigenvalue weighted by molar-refractivity contribution is -0.132. The Kier molecular flexibility index (Phi) is 5.88. The Bertz CT molecular complexity index is 1350. The molecule has 182 valence electrons. The Labute approximate surface area is 201 Å². The van der Waals surface area contributed by atoms with Gasteiger partial charge < -0.3 is 24.6 Å². The number of nitrogens with zero attached hydrogens (tertiary/aromatic N) is 1.